The van der Waals surface area contributed by atoms with Gasteiger partial charge in [0.2, 0.25) is 0 Å². The smallest absolute Gasteiger partial charge is 0.306 e. The Balaban J connectivity index is 3.61. The van der Waals surface area contributed by atoms with Crippen molar-refractivity contribution in [3.63, 3.8) is 0 Å². The molecule has 0 spiro atoms. The maximum absolute atomic E-state index is 12.1. The van der Waals surface area contributed by atoms with E-state index >= 15 is 0 Å². The van der Waals surface area contributed by atoms with Gasteiger partial charge in [-0.25, -0.2) is 0 Å². The molecule has 46 heavy (non-hydrogen) atoms. The number of unbranched alkanes of at least 4 members (excludes halogenated alkanes) is 18. The van der Waals surface area contributed by atoms with Crippen LogP contribution in [0.3, 0.4) is 0 Å². The first-order valence-electron chi connectivity index (χ1n) is 19.2. The van der Waals surface area contributed by atoms with Crippen molar-refractivity contribution in [2.24, 2.45) is 0 Å². The van der Waals surface area contributed by atoms with Crippen LogP contribution in [0.5, 0.6) is 0 Å². The highest BCUT2D eigenvalue weighted by atomic mass is 16.6. The third kappa shape index (κ3) is 34.7. The summed E-state index contributed by atoms with van der Waals surface area (Å²) in [6.45, 7) is 4.00. The molecular formula is C41H72O5. The van der Waals surface area contributed by atoms with E-state index < -0.39 is 6.10 Å². The van der Waals surface area contributed by atoms with Gasteiger partial charge in [-0.2, -0.15) is 0 Å². The molecule has 0 heterocycles. The lowest BCUT2D eigenvalue weighted by Gasteiger charge is -2.15. The molecule has 0 aromatic carbocycles. The molecule has 0 rings (SSSR count). The lowest BCUT2D eigenvalue weighted by Crippen LogP contribution is -2.28. The Hall–Kier alpha value is -2.14. The van der Waals surface area contributed by atoms with Gasteiger partial charge in [0.15, 0.2) is 6.10 Å². The van der Waals surface area contributed by atoms with Gasteiger partial charge in [0.25, 0.3) is 0 Å². The van der Waals surface area contributed by atoms with Gasteiger partial charge in [-0.05, 0) is 51.4 Å². The number of carbonyl (C=O) groups excluding carboxylic acids is 2. The summed E-state index contributed by atoms with van der Waals surface area (Å²) in [5.74, 6) is -0.617. The van der Waals surface area contributed by atoms with Gasteiger partial charge in [-0.15, -0.1) is 0 Å². The van der Waals surface area contributed by atoms with Crippen molar-refractivity contribution >= 4 is 11.9 Å². The minimum atomic E-state index is -0.782. The monoisotopic (exact) mass is 645 g/mol. The highest BCUT2D eigenvalue weighted by Gasteiger charge is 2.16. The molecule has 0 aliphatic rings. The number of rotatable bonds is 34. The molecule has 0 bridgehead atoms. The summed E-state index contributed by atoms with van der Waals surface area (Å²) < 4.78 is 10.6. The third-order valence-electron chi connectivity index (χ3n) is 8.14. The standard InChI is InChI=1S/C41H72O5/c1-3-5-7-9-11-13-15-17-19-20-22-24-26-28-30-32-34-36-41(44)46-39(37-42)38-45-40(43)35-33-31-29-27-25-23-21-18-16-14-12-10-8-6-4-2/h5,7,11,13,17,19,22,24,39,42H,3-4,6,8-10,12,14-16,18,20-21,23,25-38H2,1-2H3/b7-5-,13-11-,19-17-,24-22-/t39-/m0/s1. The molecule has 266 valence electrons. The van der Waals surface area contributed by atoms with Gasteiger partial charge < -0.3 is 14.6 Å². The minimum absolute atomic E-state index is 0.0747. The van der Waals surface area contributed by atoms with Crippen molar-refractivity contribution in [3.05, 3.63) is 48.6 Å². The normalized spacial score (nSPS) is 12.7. The average molecular weight is 645 g/mol. The molecule has 0 aliphatic carbocycles. The molecule has 0 fully saturated rings. The molecule has 0 amide bonds. The van der Waals surface area contributed by atoms with E-state index in [1.165, 1.54) is 77.0 Å². The summed E-state index contributed by atoms with van der Waals surface area (Å²) in [5.41, 5.74) is 0. The molecule has 0 aliphatic heterocycles. The van der Waals surface area contributed by atoms with Crippen LogP contribution in [0.15, 0.2) is 48.6 Å². The fourth-order valence-corrected chi connectivity index (χ4v) is 5.25. The Kier molecular flexibility index (Phi) is 35.6. The van der Waals surface area contributed by atoms with E-state index in [0.29, 0.717) is 12.8 Å². The molecule has 0 aromatic rings. The predicted molar refractivity (Wildman–Crippen MR) is 196 cm³/mol. The van der Waals surface area contributed by atoms with Gasteiger partial charge in [0, 0.05) is 12.8 Å². The second-order valence-electron chi connectivity index (χ2n) is 12.6. The van der Waals surface area contributed by atoms with Gasteiger partial charge >= 0.3 is 11.9 Å². The van der Waals surface area contributed by atoms with Crippen LogP contribution >= 0.6 is 0 Å². The first-order valence-corrected chi connectivity index (χ1v) is 19.2. The second kappa shape index (κ2) is 37.3. The summed E-state index contributed by atoms with van der Waals surface area (Å²) in [6, 6.07) is 0. The zero-order valence-corrected chi connectivity index (χ0v) is 30.1. The maximum Gasteiger partial charge on any atom is 0.306 e. The number of hydrogen-bond acceptors (Lipinski definition) is 5. The molecule has 0 saturated heterocycles. The Morgan fingerprint density at radius 3 is 1.41 bits per heavy atom. The number of allylic oxidation sites excluding steroid dienone is 8. The maximum atomic E-state index is 12.1. The van der Waals surface area contributed by atoms with Crippen molar-refractivity contribution in [2.45, 2.75) is 187 Å². The molecule has 0 saturated carbocycles. The van der Waals surface area contributed by atoms with Crippen molar-refractivity contribution < 1.29 is 24.2 Å². The Bertz CT molecular complexity index is 782. The van der Waals surface area contributed by atoms with Crippen LogP contribution in [0.1, 0.15) is 181 Å². The van der Waals surface area contributed by atoms with Crippen molar-refractivity contribution in [1.29, 1.82) is 0 Å². The van der Waals surface area contributed by atoms with E-state index in [0.717, 1.165) is 77.0 Å². The van der Waals surface area contributed by atoms with Crippen molar-refractivity contribution in [1.82, 2.24) is 0 Å². The second-order valence-corrected chi connectivity index (χ2v) is 12.6. The quantitative estimate of drug-likeness (QED) is 0.0429. The Morgan fingerprint density at radius 1 is 0.522 bits per heavy atom. The summed E-state index contributed by atoms with van der Waals surface area (Å²) in [4.78, 5) is 24.2. The van der Waals surface area contributed by atoms with E-state index in [2.05, 4.69) is 62.5 Å². The summed E-state index contributed by atoms with van der Waals surface area (Å²) in [6.07, 6.45) is 45.9. The van der Waals surface area contributed by atoms with Crippen LogP contribution in [0.25, 0.3) is 0 Å². The highest BCUT2D eigenvalue weighted by molar-refractivity contribution is 5.70. The molecule has 1 N–H and O–H groups in total. The average Bonchev–Trinajstić information content (AvgIpc) is 3.06. The number of carbonyl (C=O) groups is 2. The zero-order valence-electron chi connectivity index (χ0n) is 30.1. The van der Waals surface area contributed by atoms with Crippen LogP contribution in [-0.4, -0.2) is 36.4 Å². The SMILES string of the molecule is CC/C=C\C/C=C\C/C=C\C/C=C\CCCCCCC(=O)O[C@@H](CO)COC(=O)CCCCCCCCCCCCCCCCC. The van der Waals surface area contributed by atoms with Crippen molar-refractivity contribution in [3.8, 4) is 0 Å². The lowest BCUT2D eigenvalue weighted by atomic mass is 10.0. The number of aliphatic hydroxyl groups is 1. The molecule has 5 nitrogen and oxygen atoms in total. The van der Waals surface area contributed by atoms with E-state index in [1.807, 2.05) is 0 Å². The Morgan fingerprint density at radius 2 is 0.935 bits per heavy atom. The molecule has 0 radical (unpaired) electrons. The number of hydrogen-bond donors (Lipinski definition) is 1. The van der Waals surface area contributed by atoms with Crippen LogP contribution in [0, 0.1) is 0 Å². The first-order chi connectivity index (χ1) is 22.6. The van der Waals surface area contributed by atoms with Gasteiger partial charge in [0.05, 0.1) is 6.61 Å². The summed E-state index contributed by atoms with van der Waals surface area (Å²) in [5, 5.41) is 9.54. The van der Waals surface area contributed by atoms with E-state index in [1.54, 1.807) is 0 Å². The van der Waals surface area contributed by atoms with E-state index in [9.17, 15) is 14.7 Å². The summed E-state index contributed by atoms with van der Waals surface area (Å²) in [7, 11) is 0. The molecular weight excluding hydrogens is 572 g/mol. The summed E-state index contributed by atoms with van der Waals surface area (Å²) >= 11 is 0. The Labute approximate surface area is 284 Å². The largest absolute Gasteiger partial charge is 0.462 e. The highest BCUT2D eigenvalue weighted by Crippen LogP contribution is 2.14. The van der Waals surface area contributed by atoms with Crippen LogP contribution < -0.4 is 0 Å². The topological polar surface area (TPSA) is 72.8 Å². The minimum Gasteiger partial charge on any atom is -0.462 e. The van der Waals surface area contributed by atoms with Crippen LogP contribution in [0.2, 0.25) is 0 Å². The first kappa shape index (κ1) is 43.9. The number of ether oxygens (including phenoxy) is 2. The van der Waals surface area contributed by atoms with Gasteiger partial charge in [0.1, 0.15) is 6.61 Å². The zero-order chi connectivity index (χ0) is 33.6. The molecule has 1 atom stereocenters. The van der Waals surface area contributed by atoms with Crippen molar-refractivity contribution in [2.75, 3.05) is 13.2 Å². The molecule has 5 heteroatoms. The van der Waals surface area contributed by atoms with Crippen LogP contribution in [0.4, 0.5) is 0 Å². The molecule has 0 aromatic heterocycles. The van der Waals surface area contributed by atoms with E-state index in [-0.39, 0.29) is 25.2 Å². The fraction of sp³-hybridized carbons (Fsp3) is 0.756. The van der Waals surface area contributed by atoms with Gasteiger partial charge in [-0.3, -0.25) is 9.59 Å². The van der Waals surface area contributed by atoms with E-state index in [4.69, 9.17) is 9.47 Å². The lowest BCUT2D eigenvalue weighted by molar-refractivity contribution is -0.161. The predicted octanol–water partition coefficient (Wildman–Crippen LogP) is 11.8. The van der Waals surface area contributed by atoms with Gasteiger partial charge in [-0.1, -0.05) is 165 Å². The van der Waals surface area contributed by atoms with Crippen LogP contribution in [-0.2, 0) is 19.1 Å². The fourth-order valence-electron chi connectivity index (χ4n) is 5.25. The number of esters is 2. The molecule has 0 unspecified atom stereocenters. The number of aliphatic hydroxyl groups excluding tert-OH is 1. The third-order valence-corrected chi connectivity index (χ3v) is 8.14.